The van der Waals surface area contributed by atoms with E-state index in [0.29, 0.717) is 11.2 Å². The lowest BCUT2D eigenvalue weighted by Crippen LogP contribution is -2.38. The Balaban J connectivity index is 2.02. The van der Waals surface area contributed by atoms with Crippen molar-refractivity contribution in [2.45, 2.75) is 65.6 Å². The van der Waals surface area contributed by atoms with Crippen LogP contribution < -0.4 is 5.73 Å². The maximum absolute atomic E-state index is 12.5. The second-order valence-electron chi connectivity index (χ2n) is 7.53. The first kappa shape index (κ1) is 25.7. The van der Waals surface area contributed by atoms with Gasteiger partial charge in [0, 0.05) is 0 Å². The number of fused-ring (bicyclic) bond motifs is 1. The quantitative estimate of drug-likeness (QED) is 0.271. The van der Waals surface area contributed by atoms with Gasteiger partial charge in [-0.15, -0.1) is 0 Å². The average molecular weight is 473 g/mol. The van der Waals surface area contributed by atoms with Crippen LogP contribution in [0.1, 0.15) is 34.6 Å². The maximum Gasteiger partial charge on any atom is 0.354 e. The molecular weight excluding hydrogens is 445 g/mol. The zero-order valence-electron chi connectivity index (χ0n) is 18.5. The molecule has 32 heavy (non-hydrogen) atoms. The molecular formula is C18H28N5O8P. The summed E-state index contributed by atoms with van der Waals surface area (Å²) in [5, 5.41) is 0. The Morgan fingerprint density at radius 3 is 2.25 bits per heavy atom. The Labute approximate surface area is 184 Å². The number of anilines is 1. The molecule has 2 aromatic heterocycles. The Hall–Kier alpha value is -2.60. The van der Waals surface area contributed by atoms with E-state index in [2.05, 4.69) is 15.0 Å². The zero-order chi connectivity index (χ0) is 24.1. The van der Waals surface area contributed by atoms with Crippen molar-refractivity contribution in [2.24, 2.45) is 0 Å². The standard InChI is InChI=1S/C18H28N5O8P/c1-10(2)29-17(24)14(18(25)30-11(3)4)31-32(26,27)9-28-12(5)6-23-8-22-13-15(19)20-7-21-16(13)23/h7-8,10-12,14H,6,9H2,1-5H3,(H,26,27)(H2,19,20,21)/t12-/m1/s1. The summed E-state index contributed by atoms with van der Waals surface area (Å²) in [4.78, 5) is 46.7. The van der Waals surface area contributed by atoms with Gasteiger partial charge in [-0.25, -0.2) is 24.5 Å². The number of carbonyl (C=O) groups is 2. The fourth-order valence-electron chi connectivity index (χ4n) is 2.55. The fraction of sp³-hybridized carbons (Fsp3) is 0.611. The molecule has 0 saturated heterocycles. The summed E-state index contributed by atoms with van der Waals surface area (Å²) in [6, 6.07) is 0. The van der Waals surface area contributed by atoms with E-state index >= 15 is 0 Å². The molecule has 2 heterocycles. The number of carbonyl (C=O) groups excluding carboxylic acids is 2. The van der Waals surface area contributed by atoms with Gasteiger partial charge in [-0.1, -0.05) is 0 Å². The molecule has 0 radical (unpaired) electrons. The molecule has 1 unspecified atom stereocenters. The van der Waals surface area contributed by atoms with Crippen molar-refractivity contribution in [1.29, 1.82) is 0 Å². The average Bonchev–Trinajstić information content (AvgIpc) is 3.07. The molecule has 0 bridgehead atoms. The summed E-state index contributed by atoms with van der Waals surface area (Å²) in [6.07, 6.45) is -1.74. The minimum Gasteiger partial charge on any atom is -0.461 e. The number of rotatable bonds is 11. The summed E-state index contributed by atoms with van der Waals surface area (Å²) in [6.45, 7) is 8.11. The van der Waals surface area contributed by atoms with Crippen LogP contribution in [0, 0.1) is 0 Å². The van der Waals surface area contributed by atoms with Gasteiger partial charge < -0.3 is 29.4 Å². The third-order valence-electron chi connectivity index (χ3n) is 3.81. The van der Waals surface area contributed by atoms with Crippen LogP contribution in [0.15, 0.2) is 12.7 Å². The lowest BCUT2D eigenvalue weighted by atomic mass is 10.3. The summed E-state index contributed by atoms with van der Waals surface area (Å²) in [7, 11) is -4.54. The highest BCUT2D eigenvalue weighted by molar-refractivity contribution is 7.52. The second kappa shape index (κ2) is 10.8. The highest BCUT2D eigenvalue weighted by atomic mass is 31.2. The van der Waals surface area contributed by atoms with Crippen LogP contribution in [0.3, 0.4) is 0 Å². The number of nitrogens with two attached hydrogens (primary N) is 1. The van der Waals surface area contributed by atoms with Crippen LogP contribution in [-0.2, 0) is 39.4 Å². The van der Waals surface area contributed by atoms with Gasteiger partial charge in [-0.3, -0.25) is 9.09 Å². The molecule has 14 heteroatoms. The number of hydrogen-bond donors (Lipinski definition) is 2. The summed E-state index contributed by atoms with van der Waals surface area (Å²) in [5.74, 6) is -2.03. The molecule has 2 atom stereocenters. The molecule has 0 aromatic carbocycles. The van der Waals surface area contributed by atoms with Crippen molar-refractivity contribution in [3.8, 4) is 0 Å². The van der Waals surface area contributed by atoms with E-state index in [1.165, 1.54) is 12.7 Å². The number of esters is 2. The first-order chi connectivity index (χ1) is 14.9. The second-order valence-corrected chi connectivity index (χ2v) is 9.27. The van der Waals surface area contributed by atoms with Gasteiger partial charge in [-0.2, -0.15) is 0 Å². The van der Waals surface area contributed by atoms with Gasteiger partial charge in [0.1, 0.15) is 18.2 Å². The van der Waals surface area contributed by atoms with Crippen molar-refractivity contribution < 1.29 is 37.8 Å². The van der Waals surface area contributed by atoms with Gasteiger partial charge >= 0.3 is 19.5 Å². The van der Waals surface area contributed by atoms with Crippen LogP contribution in [0.4, 0.5) is 5.82 Å². The fourth-order valence-corrected chi connectivity index (χ4v) is 3.55. The first-order valence-electron chi connectivity index (χ1n) is 9.83. The maximum atomic E-state index is 12.5. The normalized spacial score (nSPS) is 14.7. The number of imidazole rings is 1. The van der Waals surface area contributed by atoms with Crippen LogP contribution in [-0.4, -0.2) is 67.1 Å². The molecule has 3 N–H and O–H groups in total. The van der Waals surface area contributed by atoms with E-state index in [9.17, 15) is 19.0 Å². The van der Waals surface area contributed by atoms with Gasteiger partial charge in [-0.05, 0) is 34.6 Å². The molecule has 0 fully saturated rings. The van der Waals surface area contributed by atoms with Gasteiger partial charge in [0.05, 0.1) is 31.2 Å². The van der Waals surface area contributed by atoms with Crippen molar-refractivity contribution in [3.05, 3.63) is 12.7 Å². The Bertz CT molecular complexity index is 973. The molecule has 13 nitrogen and oxygen atoms in total. The summed E-state index contributed by atoms with van der Waals surface area (Å²) in [5.41, 5.74) is 6.65. The minimum atomic E-state index is -4.54. The molecule has 0 aliphatic rings. The van der Waals surface area contributed by atoms with E-state index in [1.807, 2.05) is 0 Å². The van der Waals surface area contributed by atoms with Crippen LogP contribution in [0.2, 0.25) is 0 Å². The predicted molar refractivity (Wildman–Crippen MR) is 112 cm³/mol. The molecule has 0 aliphatic heterocycles. The molecule has 0 amide bonds. The summed E-state index contributed by atoms with van der Waals surface area (Å²) >= 11 is 0. The van der Waals surface area contributed by atoms with E-state index in [4.69, 9.17) is 24.5 Å². The number of nitrogen functional groups attached to an aromatic ring is 1. The largest absolute Gasteiger partial charge is 0.461 e. The smallest absolute Gasteiger partial charge is 0.354 e. The third kappa shape index (κ3) is 7.23. The van der Waals surface area contributed by atoms with E-state index < -0.39 is 50.3 Å². The molecule has 0 saturated carbocycles. The monoisotopic (exact) mass is 473 g/mol. The highest BCUT2D eigenvalue weighted by Gasteiger charge is 2.39. The molecule has 0 aliphatic carbocycles. The number of aromatic nitrogens is 4. The number of nitrogens with zero attached hydrogens (tertiary/aromatic N) is 4. The van der Waals surface area contributed by atoms with Crippen molar-refractivity contribution in [3.63, 3.8) is 0 Å². The Kier molecular flexibility index (Phi) is 8.67. The van der Waals surface area contributed by atoms with Crippen LogP contribution in [0.5, 0.6) is 0 Å². The zero-order valence-corrected chi connectivity index (χ0v) is 19.4. The first-order valence-corrected chi connectivity index (χ1v) is 11.6. The van der Waals surface area contributed by atoms with Crippen molar-refractivity contribution in [2.75, 3.05) is 12.1 Å². The minimum absolute atomic E-state index is 0.223. The SMILES string of the molecule is CC(C)OC(=O)C(OP(=O)(O)CO[C@H](C)Cn1cnc2c(N)ncnc21)C(=O)OC(C)C. The lowest BCUT2D eigenvalue weighted by Gasteiger charge is -2.22. The van der Waals surface area contributed by atoms with E-state index in [1.54, 1.807) is 39.2 Å². The molecule has 0 spiro atoms. The Morgan fingerprint density at radius 1 is 1.09 bits per heavy atom. The van der Waals surface area contributed by atoms with E-state index in [-0.39, 0.29) is 12.4 Å². The van der Waals surface area contributed by atoms with E-state index in [0.717, 1.165) is 0 Å². The van der Waals surface area contributed by atoms with Gasteiger partial charge in [0.25, 0.3) is 6.10 Å². The Morgan fingerprint density at radius 2 is 1.69 bits per heavy atom. The third-order valence-corrected chi connectivity index (χ3v) is 4.82. The predicted octanol–water partition coefficient (Wildman–Crippen LogP) is 1.24. The highest BCUT2D eigenvalue weighted by Crippen LogP contribution is 2.44. The molecule has 178 valence electrons. The number of hydrogen-bond acceptors (Lipinski definition) is 11. The van der Waals surface area contributed by atoms with Crippen LogP contribution in [0.25, 0.3) is 11.2 Å². The topological polar surface area (TPSA) is 178 Å². The molecule has 2 rings (SSSR count). The van der Waals surface area contributed by atoms with Gasteiger partial charge in [0.2, 0.25) is 0 Å². The van der Waals surface area contributed by atoms with Crippen LogP contribution >= 0.6 is 7.60 Å². The summed E-state index contributed by atoms with van der Waals surface area (Å²) < 4.78 is 34.4. The van der Waals surface area contributed by atoms with Gasteiger partial charge in [0.15, 0.2) is 11.5 Å². The number of ether oxygens (including phenoxy) is 3. The van der Waals surface area contributed by atoms with Crippen molar-refractivity contribution >= 4 is 36.5 Å². The lowest BCUT2D eigenvalue weighted by molar-refractivity contribution is -0.171. The van der Waals surface area contributed by atoms with Crippen molar-refractivity contribution in [1.82, 2.24) is 19.5 Å². The molecule has 2 aromatic rings.